The van der Waals surface area contributed by atoms with Crippen LogP contribution in [-0.4, -0.2) is 76.6 Å². The Bertz CT molecular complexity index is 1660. The first-order valence-electron chi connectivity index (χ1n) is 14.4. The van der Waals surface area contributed by atoms with Crippen LogP contribution in [0.1, 0.15) is 29.3 Å². The Kier molecular flexibility index (Phi) is 8.32. The number of nitrogens with one attached hydrogen (secondary N) is 1. The lowest BCUT2D eigenvalue weighted by atomic mass is 10.0. The Morgan fingerprint density at radius 3 is 2.55 bits per heavy atom. The van der Waals surface area contributed by atoms with Gasteiger partial charge in [0, 0.05) is 51.4 Å². The summed E-state index contributed by atoms with van der Waals surface area (Å²) in [5.74, 6) is 0.622. The molecule has 0 unspecified atom stereocenters. The summed E-state index contributed by atoms with van der Waals surface area (Å²) in [6, 6.07) is 19.9. The maximum atomic E-state index is 13.4. The summed E-state index contributed by atoms with van der Waals surface area (Å²) in [7, 11) is -3.71. The van der Waals surface area contributed by atoms with Crippen molar-refractivity contribution in [3.05, 3.63) is 77.9 Å². The molecule has 11 heteroatoms. The molecule has 3 heterocycles. The number of carbonyl (C=O) groups is 1. The van der Waals surface area contributed by atoms with E-state index in [0.717, 1.165) is 77.9 Å². The van der Waals surface area contributed by atoms with E-state index in [1.165, 1.54) is 16.4 Å². The van der Waals surface area contributed by atoms with Gasteiger partial charge in [0.15, 0.2) is 5.13 Å². The zero-order valence-electron chi connectivity index (χ0n) is 23.7. The van der Waals surface area contributed by atoms with Gasteiger partial charge in [-0.15, -0.1) is 0 Å². The summed E-state index contributed by atoms with van der Waals surface area (Å²) in [5, 5.41) is 4.00. The molecule has 220 valence electrons. The number of anilines is 2. The number of carbonyl (C=O) groups excluding carboxylic acids is 1. The first-order valence-corrected chi connectivity index (χ1v) is 16.7. The second-order valence-corrected chi connectivity index (χ2v) is 13.3. The summed E-state index contributed by atoms with van der Waals surface area (Å²) >= 11 is 1.69. The standard InChI is InChI=1S/C31H35N5O4S2/c1-2-40-27-10-5-11-28-29(27)33-31(41-28)35-21-19-34(20-22-35)18-16-32-30(37)24-12-14-25(15-13-24)42(38,39)36-17-6-8-23-7-3-4-9-26(23)36/h3-5,7,9-15H,2,6,8,16-22H2,1H3,(H,32,37). The number of fused-ring (bicyclic) bond motifs is 2. The van der Waals surface area contributed by atoms with E-state index in [2.05, 4.69) is 21.2 Å². The molecule has 1 saturated heterocycles. The fraction of sp³-hybridized carbons (Fsp3) is 0.355. The van der Waals surface area contributed by atoms with E-state index in [1.807, 2.05) is 43.3 Å². The van der Waals surface area contributed by atoms with Gasteiger partial charge in [-0.3, -0.25) is 14.0 Å². The Balaban J connectivity index is 0.996. The molecule has 0 spiro atoms. The van der Waals surface area contributed by atoms with Crippen LogP contribution in [0.4, 0.5) is 10.8 Å². The highest BCUT2D eigenvalue weighted by molar-refractivity contribution is 7.92. The molecule has 1 fully saturated rings. The number of thiazole rings is 1. The van der Waals surface area contributed by atoms with Crippen LogP contribution in [0.25, 0.3) is 10.2 Å². The molecule has 1 aromatic heterocycles. The summed E-state index contributed by atoms with van der Waals surface area (Å²) < 4.78 is 35.1. The van der Waals surface area contributed by atoms with Gasteiger partial charge in [-0.05, 0) is 67.8 Å². The second kappa shape index (κ2) is 12.3. The molecule has 1 N–H and O–H groups in total. The second-order valence-electron chi connectivity index (χ2n) is 10.5. The SMILES string of the molecule is CCOc1cccc2sc(N3CCN(CCNC(=O)c4ccc(S(=O)(=O)N5CCCc6ccccc65)cc4)CC3)nc12. The third kappa shape index (κ3) is 5.81. The van der Waals surface area contributed by atoms with Gasteiger partial charge < -0.3 is 15.0 Å². The molecule has 0 aliphatic carbocycles. The van der Waals surface area contributed by atoms with Crippen LogP contribution in [0.2, 0.25) is 0 Å². The van der Waals surface area contributed by atoms with Gasteiger partial charge in [-0.25, -0.2) is 13.4 Å². The maximum absolute atomic E-state index is 13.4. The third-order valence-corrected chi connectivity index (χ3v) is 10.7. The number of para-hydroxylation sites is 2. The van der Waals surface area contributed by atoms with Crippen LogP contribution in [0.3, 0.4) is 0 Å². The molecule has 0 radical (unpaired) electrons. The lowest BCUT2D eigenvalue weighted by Crippen LogP contribution is -2.48. The van der Waals surface area contributed by atoms with Crippen molar-refractivity contribution in [3.63, 3.8) is 0 Å². The number of nitrogens with zero attached hydrogens (tertiary/aromatic N) is 4. The molecular formula is C31H35N5O4S2. The number of benzene rings is 3. The number of aryl methyl sites for hydroxylation is 1. The minimum Gasteiger partial charge on any atom is -0.492 e. The van der Waals surface area contributed by atoms with E-state index in [0.29, 0.717) is 25.3 Å². The van der Waals surface area contributed by atoms with Gasteiger partial charge >= 0.3 is 0 Å². The van der Waals surface area contributed by atoms with Crippen molar-refractivity contribution in [3.8, 4) is 5.75 Å². The van der Waals surface area contributed by atoms with Crippen molar-refractivity contribution in [2.75, 3.05) is 61.6 Å². The quantitative estimate of drug-likeness (QED) is 0.303. The van der Waals surface area contributed by atoms with Crippen molar-refractivity contribution in [2.24, 2.45) is 0 Å². The fourth-order valence-corrected chi connectivity index (χ4v) is 8.14. The molecule has 0 bridgehead atoms. The lowest BCUT2D eigenvalue weighted by molar-refractivity contribution is 0.0947. The highest BCUT2D eigenvalue weighted by Crippen LogP contribution is 2.35. The molecular weight excluding hydrogens is 571 g/mol. The minimum atomic E-state index is -3.71. The van der Waals surface area contributed by atoms with Gasteiger partial charge in [-0.1, -0.05) is 35.6 Å². The molecule has 9 nitrogen and oxygen atoms in total. The zero-order valence-corrected chi connectivity index (χ0v) is 25.3. The molecule has 3 aromatic carbocycles. The number of sulfonamides is 1. The third-order valence-electron chi connectivity index (χ3n) is 7.80. The first kappa shape index (κ1) is 28.4. The molecule has 2 aliphatic heterocycles. The van der Waals surface area contributed by atoms with Gasteiger partial charge in [-0.2, -0.15) is 0 Å². The number of piperazine rings is 1. The molecule has 0 atom stereocenters. The number of hydrogen-bond acceptors (Lipinski definition) is 8. The van der Waals surface area contributed by atoms with Crippen molar-refractivity contribution >= 4 is 48.3 Å². The number of ether oxygens (including phenoxy) is 1. The van der Waals surface area contributed by atoms with Crippen molar-refractivity contribution < 1.29 is 17.9 Å². The van der Waals surface area contributed by atoms with E-state index in [1.54, 1.807) is 23.5 Å². The van der Waals surface area contributed by atoms with Crippen molar-refractivity contribution in [2.45, 2.75) is 24.7 Å². The predicted octanol–water partition coefficient (Wildman–Crippen LogP) is 4.39. The Labute approximate surface area is 250 Å². The van der Waals surface area contributed by atoms with Crippen molar-refractivity contribution in [1.29, 1.82) is 0 Å². The first-order chi connectivity index (χ1) is 20.4. The van der Waals surface area contributed by atoms with Crippen molar-refractivity contribution in [1.82, 2.24) is 15.2 Å². The monoisotopic (exact) mass is 605 g/mol. The molecule has 42 heavy (non-hydrogen) atoms. The fourth-order valence-electron chi connectivity index (χ4n) is 5.57. The molecule has 0 saturated carbocycles. The molecule has 4 aromatic rings. The normalized spacial score (nSPS) is 15.9. The highest BCUT2D eigenvalue weighted by atomic mass is 32.2. The zero-order chi connectivity index (χ0) is 29.1. The van der Waals surface area contributed by atoms with E-state index in [4.69, 9.17) is 9.72 Å². The van der Waals surface area contributed by atoms with Crippen LogP contribution in [0.5, 0.6) is 5.75 Å². The Morgan fingerprint density at radius 2 is 1.76 bits per heavy atom. The highest BCUT2D eigenvalue weighted by Gasteiger charge is 2.29. The maximum Gasteiger partial charge on any atom is 0.264 e. The van der Waals surface area contributed by atoms with E-state index in [-0.39, 0.29) is 10.8 Å². The van der Waals surface area contributed by atoms with Crippen LogP contribution >= 0.6 is 11.3 Å². The Hall–Kier alpha value is -3.67. The van der Waals surface area contributed by atoms with E-state index < -0.39 is 10.0 Å². The van der Waals surface area contributed by atoms with Crippen LogP contribution in [-0.2, 0) is 16.4 Å². The minimum absolute atomic E-state index is 0.191. The number of hydrogen-bond donors (Lipinski definition) is 1. The summed E-state index contributed by atoms with van der Waals surface area (Å²) in [4.78, 5) is 22.5. The molecule has 6 rings (SSSR count). The smallest absolute Gasteiger partial charge is 0.264 e. The lowest BCUT2D eigenvalue weighted by Gasteiger charge is -2.34. The van der Waals surface area contributed by atoms with Gasteiger partial charge in [0.1, 0.15) is 11.3 Å². The van der Waals surface area contributed by atoms with Gasteiger partial charge in [0.05, 0.1) is 21.9 Å². The average Bonchev–Trinajstić information content (AvgIpc) is 3.47. The summed E-state index contributed by atoms with van der Waals surface area (Å²) in [6.07, 6.45) is 1.65. The summed E-state index contributed by atoms with van der Waals surface area (Å²) in [6.45, 7) is 7.81. The largest absolute Gasteiger partial charge is 0.492 e. The van der Waals surface area contributed by atoms with E-state index >= 15 is 0 Å². The predicted molar refractivity (Wildman–Crippen MR) is 168 cm³/mol. The molecule has 1 amide bonds. The van der Waals surface area contributed by atoms with Gasteiger partial charge in [0.2, 0.25) is 0 Å². The number of aromatic nitrogens is 1. The van der Waals surface area contributed by atoms with Crippen LogP contribution < -0.4 is 19.3 Å². The van der Waals surface area contributed by atoms with Crippen LogP contribution in [0.15, 0.2) is 71.6 Å². The van der Waals surface area contributed by atoms with Crippen LogP contribution in [0, 0.1) is 0 Å². The van der Waals surface area contributed by atoms with E-state index in [9.17, 15) is 13.2 Å². The molecule has 2 aliphatic rings. The number of rotatable bonds is 9. The summed E-state index contributed by atoms with van der Waals surface area (Å²) in [5.41, 5.74) is 3.15. The van der Waals surface area contributed by atoms with Gasteiger partial charge in [0.25, 0.3) is 15.9 Å². The average molecular weight is 606 g/mol. The topological polar surface area (TPSA) is 95.1 Å². The number of amides is 1. The Morgan fingerprint density at radius 1 is 0.976 bits per heavy atom.